The van der Waals surface area contributed by atoms with Gasteiger partial charge < -0.3 is 5.73 Å². The summed E-state index contributed by atoms with van der Waals surface area (Å²) in [6.07, 6.45) is 4.46. The fraction of sp³-hybridized carbons (Fsp3) is 0.571. The van der Waals surface area contributed by atoms with E-state index in [1.807, 2.05) is 0 Å². The molecule has 0 amide bonds. The van der Waals surface area contributed by atoms with Gasteiger partial charge in [-0.1, -0.05) is 25.8 Å². The van der Waals surface area contributed by atoms with E-state index in [-0.39, 0.29) is 6.04 Å². The molecule has 3 unspecified atom stereocenters. The van der Waals surface area contributed by atoms with Crippen molar-refractivity contribution in [3.8, 4) is 0 Å². The van der Waals surface area contributed by atoms with Gasteiger partial charge in [-0.3, -0.25) is 0 Å². The third kappa shape index (κ3) is 2.65. The molecule has 3 atom stereocenters. The van der Waals surface area contributed by atoms with E-state index in [1.54, 1.807) is 0 Å². The Balaban J connectivity index is 2.12. The van der Waals surface area contributed by atoms with Gasteiger partial charge >= 0.3 is 0 Å². The van der Waals surface area contributed by atoms with Crippen LogP contribution in [0.4, 0.5) is 8.78 Å². The molecule has 1 saturated carbocycles. The molecule has 0 bridgehead atoms. The second-order valence-electron chi connectivity index (χ2n) is 5.04. The lowest BCUT2D eigenvalue weighted by Gasteiger charge is -2.20. The van der Waals surface area contributed by atoms with E-state index >= 15 is 0 Å². The topological polar surface area (TPSA) is 26.0 Å². The van der Waals surface area contributed by atoms with E-state index in [4.69, 9.17) is 5.73 Å². The highest BCUT2D eigenvalue weighted by Crippen LogP contribution is 2.39. The summed E-state index contributed by atoms with van der Waals surface area (Å²) in [6.45, 7) is 2.18. The molecule has 0 aliphatic heterocycles. The molecule has 0 heterocycles. The maximum Gasteiger partial charge on any atom is 0.130 e. The number of hydrogen-bond acceptors (Lipinski definition) is 1. The maximum atomic E-state index is 13.6. The first kappa shape index (κ1) is 12.5. The summed E-state index contributed by atoms with van der Waals surface area (Å²) < 4.78 is 26.4. The van der Waals surface area contributed by atoms with Crippen molar-refractivity contribution in [3.63, 3.8) is 0 Å². The van der Waals surface area contributed by atoms with E-state index in [2.05, 4.69) is 6.92 Å². The van der Waals surface area contributed by atoms with E-state index in [1.165, 1.54) is 18.6 Å². The molecule has 2 N–H and O–H groups in total. The van der Waals surface area contributed by atoms with Crippen molar-refractivity contribution in [2.75, 3.05) is 0 Å². The highest BCUT2D eigenvalue weighted by atomic mass is 19.1. The lowest BCUT2D eigenvalue weighted by atomic mass is 9.91. The van der Waals surface area contributed by atoms with Crippen LogP contribution in [0.25, 0.3) is 0 Å². The van der Waals surface area contributed by atoms with Crippen LogP contribution in [0.1, 0.15) is 44.2 Å². The Morgan fingerprint density at radius 3 is 2.71 bits per heavy atom. The van der Waals surface area contributed by atoms with E-state index in [9.17, 15) is 8.78 Å². The zero-order chi connectivity index (χ0) is 12.4. The minimum absolute atomic E-state index is 0.299. The Morgan fingerprint density at radius 1 is 1.35 bits per heavy atom. The van der Waals surface area contributed by atoms with Crippen LogP contribution in [0.5, 0.6) is 0 Å². The molecule has 1 aromatic rings. The molecule has 1 nitrogen and oxygen atoms in total. The summed E-state index contributed by atoms with van der Waals surface area (Å²) in [7, 11) is 0. The molecule has 0 aromatic heterocycles. The van der Waals surface area contributed by atoms with Crippen molar-refractivity contribution in [3.05, 3.63) is 35.4 Å². The van der Waals surface area contributed by atoms with Crippen LogP contribution in [0.2, 0.25) is 0 Å². The lowest BCUT2D eigenvalue weighted by Crippen LogP contribution is -2.20. The first-order chi connectivity index (χ1) is 8.11. The average Bonchev–Trinajstić information content (AvgIpc) is 2.76. The van der Waals surface area contributed by atoms with Crippen molar-refractivity contribution in [1.82, 2.24) is 0 Å². The second kappa shape index (κ2) is 5.13. The fourth-order valence-electron chi connectivity index (χ4n) is 2.84. The molecule has 0 saturated heterocycles. The van der Waals surface area contributed by atoms with Crippen molar-refractivity contribution < 1.29 is 8.78 Å². The standard InChI is InChI=1S/C14H19F2N/c1-2-9-3-4-10(7-9)14(17)12-6-5-11(15)8-13(12)16/h5-6,8-10,14H,2-4,7,17H2,1H3. The summed E-state index contributed by atoms with van der Waals surface area (Å²) >= 11 is 0. The molecular formula is C14H19F2N. The van der Waals surface area contributed by atoms with Crippen molar-refractivity contribution in [2.45, 2.75) is 38.6 Å². The van der Waals surface area contributed by atoms with Crippen LogP contribution in [-0.4, -0.2) is 0 Å². The zero-order valence-corrected chi connectivity index (χ0v) is 10.1. The molecule has 3 heteroatoms. The van der Waals surface area contributed by atoms with Gasteiger partial charge in [0.25, 0.3) is 0 Å². The highest BCUT2D eigenvalue weighted by molar-refractivity contribution is 5.22. The first-order valence-electron chi connectivity index (χ1n) is 6.32. The molecule has 1 aromatic carbocycles. The molecule has 1 fully saturated rings. The number of hydrogen-bond donors (Lipinski definition) is 1. The molecule has 1 aliphatic carbocycles. The zero-order valence-electron chi connectivity index (χ0n) is 10.1. The lowest BCUT2D eigenvalue weighted by molar-refractivity contribution is 0.404. The summed E-state index contributed by atoms with van der Waals surface area (Å²) in [5.41, 5.74) is 6.56. The monoisotopic (exact) mass is 239 g/mol. The van der Waals surface area contributed by atoms with Gasteiger partial charge in [0.05, 0.1) is 0 Å². The number of benzene rings is 1. The second-order valence-corrected chi connectivity index (χ2v) is 5.04. The third-order valence-corrected chi connectivity index (χ3v) is 3.99. The predicted octanol–water partition coefficient (Wildman–Crippen LogP) is 3.79. The quantitative estimate of drug-likeness (QED) is 0.853. The van der Waals surface area contributed by atoms with Gasteiger partial charge in [-0.25, -0.2) is 8.78 Å². The van der Waals surface area contributed by atoms with Gasteiger partial charge in [0, 0.05) is 17.7 Å². The van der Waals surface area contributed by atoms with Crippen LogP contribution in [-0.2, 0) is 0 Å². The predicted molar refractivity (Wildman–Crippen MR) is 64.4 cm³/mol. The van der Waals surface area contributed by atoms with Gasteiger partial charge in [-0.15, -0.1) is 0 Å². The molecule has 94 valence electrons. The van der Waals surface area contributed by atoms with Crippen LogP contribution in [0, 0.1) is 23.5 Å². The smallest absolute Gasteiger partial charge is 0.130 e. The highest BCUT2D eigenvalue weighted by Gasteiger charge is 2.30. The summed E-state index contributed by atoms with van der Waals surface area (Å²) in [4.78, 5) is 0. The Hall–Kier alpha value is -0.960. The summed E-state index contributed by atoms with van der Waals surface area (Å²) in [6, 6.07) is 3.38. The normalized spacial score (nSPS) is 26.1. The van der Waals surface area contributed by atoms with Crippen LogP contribution in [0.15, 0.2) is 18.2 Å². The largest absolute Gasteiger partial charge is 0.324 e. The summed E-state index contributed by atoms with van der Waals surface area (Å²) in [5, 5.41) is 0. The van der Waals surface area contributed by atoms with Gasteiger partial charge in [0.2, 0.25) is 0 Å². The Morgan fingerprint density at radius 2 is 2.12 bits per heavy atom. The number of nitrogens with two attached hydrogens (primary N) is 1. The number of rotatable bonds is 3. The van der Waals surface area contributed by atoms with Crippen molar-refractivity contribution in [1.29, 1.82) is 0 Å². The fourth-order valence-corrected chi connectivity index (χ4v) is 2.84. The van der Waals surface area contributed by atoms with Crippen LogP contribution >= 0.6 is 0 Å². The third-order valence-electron chi connectivity index (χ3n) is 3.99. The Bertz CT molecular complexity index is 392. The van der Waals surface area contributed by atoms with E-state index in [0.717, 1.165) is 31.2 Å². The van der Waals surface area contributed by atoms with E-state index < -0.39 is 11.6 Å². The van der Waals surface area contributed by atoms with Crippen molar-refractivity contribution >= 4 is 0 Å². The van der Waals surface area contributed by atoms with Gasteiger partial charge in [-0.2, -0.15) is 0 Å². The summed E-state index contributed by atoms with van der Waals surface area (Å²) in [5.74, 6) is -0.0109. The average molecular weight is 239 g/mol. The Kier molecular flexibility index (Phi) is 3.77. The van der Waals surface area contributed by atoms with Gasteiger partial charge in [0.1, 0.15) is 11.6 Å². The Labute approximate surface area is 101 Å². The van der Waals surface area contributed by atoms with E-state index in [0.29, 0.717) is 11.5 Å². The molecule has 0 radical (unpaired) electrons. The molecule has 2 rings (SSSR count). The molecule has 1 aliphatic rings. The SMILES string of the molecule is CCC1CCC(C(N)c2ccc(F)cc2F)C1. The van der Waals surface area contributed by atoms with Crippen LogP contribution < -0.4 is 5.73 Å². The molecular weight excluding hydrogens is 220 g/mol. The van der Waals surface area contributed by atoms with Crippen LogP contribution in [0.3, 0.4) is 0 Å². The first-order valence-corrected chi connectivity index (χ1v) is 6.32. The maximum absolute atomic E-state index is 13.6. The number of halogens is 2. The van der Waals surface area contributed by atoms with Gasteiger partial charge in [0.15, 0.2) is 0 Å². The van der Waals surface area contributed by atoms with Crippen molar-refractivity contribution in [2.24, 2.45) is 17.6 Å². The molecule has 0 spiro atoms. The van der Waals surface area contributed by atoms with Gasteiger partial charge in [-0.05, 0) is 30.7 Å². The minimum Gasteiger partial charge on any atom is -0.324 e. The minimum atomic E-state index is -0.545. The molecule has 17 heavy (non-hydrogen) atoms.